The van der Waals surface area contributed by atoms with Gasteiger partial charge in [-0.25, -0.2) is 9.67 Å². The first-order chi connectivity index (χ1) is 12.7. The second kappa shape index (κ2) is 7.58. The Morgan fingerprint density at radius 2 is 2.42 bits per heavy atom. The van der Waals surface area contributed by atoms with Crippen LogP contribution in [0.25, 0.3) is 10.2 Å². The molecule has 3 aromatic rings. The minimum absolute atomic E-state index is 0.0895. The Morgan fingerprint density at radius 3 is 3.31 bits per heavy atom. The fourth-order valence-corrected chi connectivity index (χ4v) is 3.72. The van der Waals surface area contributed by atoms with Gasteiger partial charge in [-0.15, -0.1) is 16.4 Å². The second-order valence-electron chi connectivity index (χ2n) is 6.00. The smallest absolute Gasteiger partial charge is 0.268 e. The highest BCUT2D eigenvalue weighted by Crippen LogP contribution is 2.21. The molecule has 10 nitrogen and oxygen atoms in total. The molecule has 11 heteroatoms. The quantitative estimate of drug-likeness (QED) is 0.648. The molecule has 138 valence electrons. The Hall–Kier alpha value is -2.21. The number of thiophene rings is 1. The van der Waals surface area contributed by atoms with Crippen LogP contribution < -0.4 is 5.56 Å². The van der Waals surface area contributed by atoms with Crippen molar-refractivity contribution in [2.75, 3.05) is 33.4 Å². The van der Waals surface area contributed by atoms with Crippen molar-refractivity contribution in [1.82, 2.24) is 35.1 Å². The van der Waals surface area contributed by atoms with Gasteiger partial charge in [-0.3, -0.25) is 9.69 Å². The fourth-order valence-electron chi connectivity index (χ4n) is 2.99. The largest absolute Gasteiger partial charge is 0.383 e. The van der Waals surface area contributed by atoms with Crippen molar-refractivity contribution in [2.24, 2.45) is 0 Å². The Bertz CT molecular complexity index is 937. The molecule has 1 unspecified atom stereocenters. The molecule has 4 rings (SSSR count). The van der Waals surface area contributed by atoms with E-state index in [2.05, 4.69) is 30.4 Å². The molecule has 1 saturated heterocycles. The molecule has 1 aliphatic heterocycles. The van der Waals surface area contributed by atoms with Crippen LogP contribution in [0.1, 0.15) is 17.8 Å². The van der Waals surface area contributed by atoms with Crippen LogP contribution in [0.2, 0.25) is 0 Å². The van der Waals surface area contributed by atoms with Gasteiger partial charge in [-0.05, 0) is 21.9 Å². The van der Waals surface area contributed by atoms with E-state index < -0.39 is 0 Å². The predicted molar refractivity (Wildman–Crippen MR) is 93.9 cm³/mol. The molecule has 0 aliphatic carbocycles. The number of aromatic nitrogens is 6. The number of H-pyrrole nitrogens is 1. The molecule has 0 saturated carbocycles. The molecule has 26 heavy (non-hydrogen) atoms. The number of methoxy groups -OCH3 is 1. The number of hydrogen-bond donors (Lipinski definition) is 1. The summed E-state index contributed by atoms with van der Waals surface area (Å²) in [6.07, 6.45) is -0.229. The lowest BCUT2D eigenvalue weighted by molar-refractivity contribution is -0.0403. The van der Waals surface area contributed by atoms with Crippen molar-refractivity contribution in [1.29, 1.82) is 0 Å². The van der Waals surface area contributed by atoms with E-state index in [-0.39, 0.29) is 11.7 Å². The van der Waals surface area contributed by atoms with Crippen LogP contribution in [-0.2, 0) is 22.6 Å². The molecule has 1 atom stereocenters. The van der Waals surface area contributed by atoms with Crippen LogP contribution in [0.15, 0.2) is 16.2 Å². The number of fused-ring (bicyclic) bond motifs is 1. The zero-order valence-electron chi connectivity index (χ0n) is 14.3. The molecule has 1 fully saturated rings. The van der Waals surface area contributed by atoms with Crippen LogP contribution in [0.5, 0.6) is 0 Å². The fraction of sp³-hybridized carbons (Fsp3) is 0.533. The van der Waals surface area contributed by atoms with E-state index in [1.165, 1.54) is 11.3 Å². The van der Waals surface area contributed by atoms with Crippen molar-refractivity contribution in [3.8, 4) is 0 Å². The summed E-state index contributed by atoms with van der Waals surface area (Å²) in [4.78, 5) is 21.7. The van der Waals surface area contributed by atoms with Gasteiger partial charge in [0, 0.05) is 20.2 Å². The zero-order chi connectivity index (χ0) is 17.9. The van der Waals surface area contributed by atoms with E-state index in [0.717, 1.165) is 12.1 Å². The van der Waals surface area contributed by atoms with Crippen molar-refractivity contribution in [3.05, 3.63) is 33.4 Å². The average Bonchev–Trinajstić information content (AvgIpc) is 3.29. The van der Waals surface area contributed by atoms with Crippen molar-refractivity contribution >= 4 is 21.6 Å². The number of tetrazole rings is 1. The Labute approximate surface area is 152 Å². The summed E-state index contributed by atoms with van der Waals surface area (Å²) in [5, 5.41) is 13.7. The Kier molecular flexibility index (Phi) is 5.02. The maximum atomic E-state index is 12.1. The van der Waals surface area contributed by atoms with Gasteiger partial charge in [0.25, 0.3) is 5.56 Å². The van der Waals surface area contributed by atoms with Crippen LogP contribution >= 0.6 is 11.3 Å². The van der Waals surface area contributed by atoms with Crippen molar-refractivity contribution in [2.45, 2.75) is 19.2 Å². The number of rotatable bonds is 6. The third-order valence-corrected chi connectivity index (χ3v) is 5.15. The number of hydrogen-bond acceptors (Lipinski definition) is 9. The summed E-state index contributed by atoms with van der Waals surface area (Å²) in [7, 11) is 1.64. The molecule has 0 aromatic carbocycles. The Balaban J connectivity index is 1.48. The molecule has 0 radical (unpaired) electrons. The molecule has 3 aromatic heterocycles. The topological polar surface area (TPSA) is 111 Å². The lowest BCUT2D eigenvalue weighted by atomic mass is 10.2. The zero-order valence-corrected chi connectivity index (χ0v) is 15.1. The van der Waals surface area contributed by atoms with E-state index >= 15 is 0 Å². The predicted octanol–water partition coefficient (Wildman–Crippen LogP) is 0.191. The van der Waals surface area contributed by atoms with Gasteiger partial charge in [0.15, 0.2) is 5.82 Å². The maximum absolute atomic E-state index is 12.1. The minimum atomic E-state index is -0.229. The van der Waals surface area contributed by atoms with Crippen LogP contribution in [0.3, 0.4) is 0 Å². The highest BCUT2D eigenvalue weighted by atomic mass is 32.1. The molecular weight excluding hydrogens is 358 g/mol. The van der Waals surface area contributed by atoms with E-state index in [4.69, 9.17) is 9.47 Å². The van der Waals surface area contributed by atoms with E-state index in [9.17, 15) is 4.79 Å². The number of morpholine rings is 1. The molecule has 0 spiro atoms. The molecule has 4 heterocycles. The van der Waals surface area contributed by atoms with Gasteiger partial charge < -0.3 is 14.5 Å². The summed E-state index contributed by atoms with van der Waals surface area (Å²) in [6.45, 7) is 3.58. The van der Waals surface area contributed by atoms with Gasteiger partial charge in [-0.2, -0.15) is 0 Å². The normalized spacial score (nSPS) is 18.6. The molecule has 0 amide bonds. The molecule has 1 aliphatic rings. The number of ether oxygens (including phenoxy) is 2. The third-order valence-electron chi connectivity index (χ3n) is 4.24. The monoisotopic (exact) mass is 377 g/mol. The first-order valence-electron chi connectivity index (χ1n) is 8.30. The van der Waals surface area contributed by atoms with Gasteiger partial charge in [0.1, 0.15) is 16.6 Å². The van der Waals surface area contributed by atoms with Crippen LogP contribution in [-0.4, -0.2) is 68.5 Å². The number of aromatic amines is 1. The van der Waals surface area contributed by atoms with E-state index in [1.807, 2.05) is 11.4 Å². The highest BCUT2D eigenvalue weighted by molar-refractivity contribution is 7.17. The molecule has 1 N–H and O–H groups in total. The minimum Gasteiger partial charge on any atom is -0.383 e. The average molecular weight is 377 g/mol. The summed E-state index contributed by atoms with van der Waals surface area (Å²) in [5.41, 5.74) is 0.649. The number of nitrogens with zero attached hydrogens (tertiary/aromatic N) is 6. The van der Waals surface area contributed by atoms with Gasteiger partial charge in [0.05, 0.1) is 31.8 Å². The van der Waals surface area contributed by atoms with E-state index in [0.29, 0.717) is 49.2 Å². The van der Waals surface area contributed by atoms with Crippen molar-refractivity contribution < 1.29 is 9.47 Å². The highest BCUT2D eigenvalue weighted by Gasteiger charge is 2.27. The number of nitrogens with one attached hydrogen (secondary N) is 1. The standard InChI is InChI=1S/C15H19N7O3S/c1-24-5-4-22-14(18-19-20-22)11-8-21(3-6-25-11)9-12-16-10-2-7-26-13(10)15(23)17-12/h2,7,11H,3-6,8-9H2,1H3,(H,16,17,23). The lowest BCUT2D eigenvalue weighted by Crippen LogP contribution is -2.39. The lowest BCUT2D eigenvalue weighted by Gasteiger charge is -2.31. The summed E-state index contributed by atoms with van der Waals surface area (Å²) < 4.78 is 13.3. The first kappa shape index (κ1) is 17.2. The van der Waals surface area contributed by atoms with E-state index in [1.54, 1.807) is 11.8 Å². The second-order valence-corrected chi connectivity index (χ2v) is 6.91. The summed E-state index contributed by atoms with van der Waals surface area (Å²) in [6, 6.07) is 1.87. The molecule has 0 bridgehead atoms. The maximum Gasteiger partial charge on any atom is 0.268 e. The van der Waals surface area contributed by atoms with Gasteiger partial charge in [0.2, 0.25) is 0 Å². The summed E-state index contributed by atoms with van der Waals surface area (Å²) in [5.74, 6) is 1.34. The van der Waals surface area contributed by atoms with Crippen LogP contribution in [0.4, 0.5) is 0 Å². The van der Waals surface area contributed by atoms with Crippen molar-refractivity contribution in [3.63, 3.8) is 0 Å². The molecular formula is C15H19N7O3S. The SMILES string of the molecule is COCCn1nnnc1C1CN(Cc2nc3ccsc3c(=O)[nH]2)CCO1. The summed E-state index contributed by atoms with van der Waals surface area (Å²) >= 11 is 1.40. The van der Waals surface area contributed by atoms with Crippen LogP contribution in [0, 0.1) is 0 Å². The third kappa shape index (κ3) is 3.51. The first-order valence-corrected chi connectivity index (χ1v) is 9.18. The Morgan fingerprint density at radius 1 is 1.50 bits per heavy atom. The van der Waals surface area contributed by atoms with Gasteiger partial charge in [-0.1, -0.05) is 0 Å². The van der Waals surface area contributed by atoms with Gasteiger partial charge >= 0.3 is 0 Å².